The van der Waals surface area contributed by atoms with Crippen LogP contribution in [-0.4, -0.2) is 15.7 Å². The number of halogens is 1. The van der Waals surface area contributed by atoms with Gasteiger partial charge in [0.1, 0.15) is 0 Å². The van der Waals surface area contributed by atoms with E-state index in [-0.39, 0.29) is 5.91 Å². The van der Waals surface area contributed by atoms with Gasteiger partial charge in [0.25, 0.3) is 0 Å². The summed E-state index contributed by atoms with van der Waals surface area (Å²) >= 11 is 5.93. The van der Waals surface area contributed by atoms with Crippen molar-refractivity contribution < 1.29 is 4.79 Å². The lowest BCUT2D eigenvalue weighted by molar-refractivity contribution is -0.118. The van der Waals surface area contributed by atoms with Crippen molar-refractivity contribution in [3.05, 3.63) is 47.2 Å². The van der Waals surface area contributed by atoms with E-state index in [1.807, 2.05) is 30.5 Å². The Balaban J connectivity index is 1.60. The smallest absolute Gasteiger partial charge is 0.235 e. The highest BCUT2D eigenvalue weighted by molar-refractivity contribution is 6.30. The Morgan fingerprint density at radius 2 is 2.08 bits per heavy atom. The molecule has 0 spiro atoms. The molecule has 1 aromatic heterocycles. The van der Waals surface area contributed by atoms with Gasteiger partial charge in [-0.05, 0) is 43.4 Å². The quantitative estimate of drug-likeness (QED) is 0.776. The maximum absolute atomic E-state index is 12.7. The van der Waals surface area contributed by atoms with Gasteiger partial charge in [-0.2, -0.15) is 10.4 Å². The van der Waals surface area contributed by atoms with E-state index in [9.17, 15) is 4.79 Å². The fourth-order valence-electron chi connectivity index (χ4n) is 2.82. The number of nitriles is 1. The lowest BCUT2D eigenvalue weighted by Crippen LogP contribution is -2.27. The predicted molar refractivity (Wildman–Crippen MR) is 92.7 cm³/mol. The number of aromatic nitrogens is 2. The number of aryl methyl sites for hydroxylation is 1. The van der Waals surface area contributed by atoms with Crippen LogP contribution in [0.3, 0.4) is 0 Å². The molecule has 0 unspecified atom stereocenters. The Hall–Kier alpha value is -2.32. The Morgan fingerprint density at radius 1 is 1.33 bits per heavy atom. The summed E-state index contributed by atoms with van der Waals surface area (Å²) in [7, 11) is 0. The first kappa shape index (κ1) is 16.5. The number of nitrogens with one attached hydrogen (secondary N) is 1. The molecule has 1 saturated carbocycles. The van der Waals surface area contributed by atoms with Crippen molar-refractivity contribution in [2.24, 2.45) is 0 Å². The first-order valence-electron chi connectivity index (χ1n) is 8.11. The third-order valence-electron chi connectivity index (χ3n) is 4.40. The molecule has 1 fully saturated rings. The maximum atomic E-state index is 12.7. The van der Waals surface area contributed by atoms with Crippen molar-refractivity contribution in [2.75, 3.05) is 5.32 Å². The second-order valence-electron chi connectivity index (χ2n) is 6.15. The standard InChI is InChI=1S/C18H19ClN4O/c19-15-6-4-14(5-7-15)18(8-9-18)17(24)22-16-12-21-23(13-16)11-3-1-2-10-20/h4-7,12-13H,1-3,8-9,11H2,(H,22,24). The van der Waals surface area contributed by atoms with Crippen molar-refractivity contribution >= 4 is 23.2 Å². The summed E-state index contributed by atoms with van der Waals surface area (Å²) in [6.45, 7) is 0.750. The highest BCUT2D eigenvalue weighted by Crippen LogP contribution is 2.49. The molecular formula is C18H19ClN4O. The molecule has 1 aromatic carbocycles. The van der Waals surface area contributed by atoms with Crippen LogP contribution in [0.4, 0.5) is 5.69 Å². The minimum absolute atomic E-state index is 0.00820. The van der Waals surface area contributed by atoms with Crippen LogP contribution in [-0.2, 0) is 16.8 Å². The van der Waals surface area contributed by atoms with Gasteiger partial charge >= 0.3 is 0 Å². The highest BCUT2D eigenvalue weighted by atomic mass is 35.5. The molecule has 0 bridgehead atoms. The molecule has 0 radical (unpaired) electrons. The van der Waals surface area contributed by atoms with Crippen LogP contribution < -0.4 is 5.32 Å². The second-order valence-corrected chi connectivity index (χ2v) is 6.59. The van der Waals surface area contributed by atoms with E-state index >= 15 is 0 Å². The normalized spacial score (nSPS) is 14.8. The molecule has 6 heteroatoms. The van der Waals surface area contributed by atoms with Gasteiger partial charge in [0.05, 0.1) is 23.4 Å². The van der Waals surface area contributed by atoms with Crippen LogP contribution in [0.25, 0.3) is 0 Å². The number of unbranched alkanes of at least 4 members (excludes halogenated alkanes) is 2. The van der Waals surface area contributed by atoms with E-state index in [0.717, 1.165) is 37.8 Å². The van der Waals surface area contributed by atoms with Gasteiger partial charge in [0, 0.05) is 24.2 Å². The molecule has 124 valence electrons. The van der Waals surface area contributed by atoms with Gasteiger partial charge in [-0.3, -0.25) is 9.48 Å². The summed E-state index contributed by atoms with van der Waals surface area (Å²) in [5.74, 6) is 0.00820. The molecular weight excluding hydrogens is 324 g/mol. The van der Waals surface area contributed by atoms with Crippen LogP contribution in [0.15, 0.2) is 36.7 Å². The first-order valence-corrected chi connectivity index (χ1v) is 8.49. The number of amides is 1. The zero-order valence-electron chi connectivity index (χ0n) is 13.3. The number of carbonyl (C=O) groups excluding carboxylic acids is 1. The van der Waals surface area contributed by atoms with Crippen LogP contribution in [0.2, 0.25) is 5.02 Å². The molecule has 1 amide bonds. The molecule has 1 N–H and O–H groups in total. The number of hydrogen-bond acceptors (Lipinski definition) is 3. The van der Waals surface area contributed by atoms with Crippen molar-refractivity contribution in [1.29, 1.82) is 5.26 Å². The van der Waals surface area contributed by atoms with Crippen LogP contribution in [0.1, 0.15) is 37.7 Å². The van der Waals surface area contributed by atoms with Crippen molar-refractivity contribution in [1.82, 2.24) is 9.78 Å². The molecule has 24 heavy (non-hydrogen) atoms. The zero-order valence-corrected chi connectivity index (χ0v) is 14.1. The lowest BCUT2D eigenvalue weighted by Gasteiger charge is -2.15. The lowest BCUT2D eigenvalue weighted by atomic mass is 9.95. The molecule has 0 aliphatic heterocycles. The molecule has 0 saturated heterocycles. The molecule has 2 aromatic rings. The Morgan fingerprint density at radius 3 is 2.75 bits per heavy atom. The molecule has 5 nitrogen and oxygen atoms in total. The average molecular weight is 343 g/mol. The number of rotatable bonds is 7. The minimum Gasteiger partial charge on any atom is -0.323 e. The van der Waals surface area contributed by atoms with Crippen molar-refractivity contribution in [3.8, 4) is 6.07 Å². The third kappa shape index (κ3) is 3.60. The molecule has 1 aliphatic carbocycles. The highest BCUT2D eigenvalue weighted by Gasteiger charge is 2.51. The number of carbonyl (C=O) groups is 1. The zero-order chi connectivity index (χ0) is 17.0. The van der Waals surface area contributed by atoms with E-state index in [4.69, 9.17) is 16.9 Å². The van der Waals surface area contributed by atoms with Crippen LogP contribution in [0, 0.1) is 11.3 Å². The van der Waals surface area contributed by atoms with Gasteiger partial charge < -0.3 is 5.32 Å². The average Bonchev–Trinajstić information content (AvgIpc) is 3.28. The third-order valence-corrected chi connectivity index (χ3v) is 4.65. The number of nitrogens with zero attached hydrogens (tertiary/aromatic N) is 3. The van der Waals surface area contributed by atoms with Gasteiger partial charge in [-0.25, -0.2) is 0 Å². The summed E-state index contributed by atoms with van der Waals surface area (Å²) in [5.41, 5.74) is 1.29. The maximum Gasteiger partial charge on any atom is 0.235 e. The number of anilines is 1. The van der Waals surface area contributed by atoms with Crippen molar-refractivity contribution in [2.45, 2.75) is 44.1 Å². The van der Waals surface area contributed by atoms with Gasteiger partial charge in [-0.15, -0.1) is 0 Å². The van der Waals surface area contributed by atoms with E-state index in [1.165, 1.54) is 0 Å². The second kappa shape index (κ2) is 7.06. The fraction of sp³-hybridized carbons (Fsp3) is 0.389. The molecule has 3 rings (SSSR count). The van der Waals surface area contributed by atoms with E-state index in [2.05, 4.69) is 16.5 Å². The van der Waals surface area contributed by atoms with Crippen molar-refractivity contribution in [3.63, 3.8) is 0 Å². The fourth-order valence-corrected chi connectivity index (χ4v) is 2.95. The monoisotopic (exact) mass is 342 g/mol. The van der Waals surface area contributed by atoms with E-state index < -0.39 is 5.41 Å². The van der Waals surface area contributed by atoms with E-state index in [1.54, 1.807) is 10.9 Å². The van der Waals surface area contributed by atoms with E-state index in [0.29, 0.717) is 17.1 Å². The van der Waals surface area contributed by atoms with Gasteiger partial charge in [-0.1, -0.05) is 23.7 Å². The molecule has 0 atom stereocenters. The topological polar surface area (TPSA) is 70.7 Å². The largest absolute Gasteiger partial charge is 0.323 e. The number of benzene rings is 1. The Labute approximate surface area is 146 Å². The predicted octanol–water partition coefficient (Wildman–Crippen LogP) is 3.90. The molecule has 1 aliphatic rings. The Kier molecular flexibility index (Phi) is 4.86. The summed E-state index contributed by atoms with van der Waals surface area (Å²) in [4.78, 5) is 12.7. The SMILES string of the molecule is N#CCCCCn1cc(NC(=O)C2(c3ccc(Cl)cc3)CC2)cn1. The molecule has 1 heterocycles. The minimum atomic E-state index is -0.431. The summed E-state index contributed by atoms with van der Waals surface area (Å²) in [6, 6.07) is 9.63. The first-order chi connectivity index (χ1) is 11.6. The number of hydrogen-bond donors (Lipinski definition) is 1. The Bertz CT molecular complexity index is 756. The van der Waals surface area contributed by atoms with Crippen LogP contribution in [0.5, 0.6) is 0 Å². The van der Waals surface area contributed by atoms with Gasteiger partial charge in [0.2, 0.25) is 5.91 Å². The summed E-state index contributed by atoms with van der Waals surface area (Å²) < 4.78 is 1.80. The summed E-state index contributed by atoms with van der Waals surface area (Å²) in [5, 5.41) is 16.4. The summed E-state index contributed by atoms with van der Waals surface area (Å²) in [6.07, 6.45) is 7.53. The van der Waals surface area contributed by atoms with Gasteiger partial charge in [0.15, 0.2) is 0 Å². The van der Waals surface area contributed by atoms with Crippen LogP contribution >= 0.6 is 11.6 Å².